The fourth-order valence-electron chi connectivity index (χ4n) is 4.13. The van der Waals surface area contributed by atoms with E-state index in [1.807, 2.05) is 6.92 Å². The van der Waals surface area contributed by atoms with Crippen molar-refractivity contribution < 1.29 is 4.74 Å². The first-order valence-corrected chi connectivity index (χ1v) is 8.00. The predicted molar refractivity (Wildman–Crippen MR) is 81.1 cm³/mol. The molecule has 1 heterocycles. The van der Waals surface area contributed by atoms with Crippen LogP contribution in [0.1, 0.15) is 50.4 Å². The van der Waals surface area contributed by atoms with Crippen molar-refractivity contribution in [1.82, 2.24) is 10.3 Å². The monoisotopic (exact) mass is 274 g/mol. The molecule has 2 aliphatic carbocycles. The second kappa shape index (κ2) is 5.36. The zero-order valence-corrected chi connectivity index (χ0v) is 12.9. The summed E-state index contributed by atoms with van der Waals surface area (Å²) in [6.07, 6.45) is 7.76. The molecule has 0 radical (unpaired) electrons. The molecule has 0 aromatic carbocycles. The second-order valence-electron chi connectivity index (χ2n) is 6.37. The van der Waals surface area contributed by atoms with Gasteiger partial charge in [0.15, 0.2) is 0 Å². The summed E-state index contributed by atoms with van der Waals surface area (Å²) in [7, 11) is 2.09. The Balaban J connectivity index is 1.78. The molecule has 0 aliphatic heterocycles. The Morgan fingerprint density at radius 1 is 1.35 bits per heavy atom. The van der Waals surface area contributed by atoms with Crippen LogP contribution in [-0.2, 0) is 6.42 Å². The molecule has 3 nitrogen and oxygen atoms in total. The number of nitrogens with zero attached hydrogens (tertiary/aromatic N) is 1. The topological polar surface area (TPSA) is 34.1 Å². The molecule has 1 aromatic heterocycles. The van der Waals surface area contributed by atoms with Crippen molar-refractivity contribution in [2.24, 2.45) is 5.41 Å². The maximum atomic E-state index is 6.39. The Morgan fingerprint density at radius 2 is 2.10 bits per heavy atom. The normalized spacial score (nSPS) is 27.6. The van der Waals surface area contributed by atoms with Gasteiger partial charge in [0.25, 0.3) is 0 Å². The molecule has 1 aromatic rings. The molecule has 3 rings (SSSR count). The first kappa shape index (κ1) is 13.9. The summed E-state index contributed by atoms with van der Waals surface area (Å²) in [6.45, 7) is 4.19. The smallest absolute Gasteiger partial charge is 0.141 e. The minimum atomic E-state index is 0.372. The number of aromatic nitrogens is 1. The molecule has 0 saturated heterocycles. The van der Waals surface area contributed by atoms with Crippen LogP contribution in [0.2, 0.25) is 0 Å². The summed E-state index contributed by atoms with van der Waals surface area (Å²) in [5.41, 5.74) is 2.56. The summed E-state index contributed by atoms with van der Waals surface area (Å²) in [5.74, 6) is 1.00. The van der Waals surface area contributed by atoms with Gasteiger partial charge in [-0.05, 0) is 45.4 Å². The van der Waals surface area contributed by atoms with E-state index in [1.165, 1.54) is 25.7 Å². The number of nitrogens with one attached hydrogen (secondary N) is 1. The van der Waals surface area contributed by atoms with Gasteiger partial charge in [-0.25, -0.2) is 0 Å². The highest BCUT2D eigenvalue weighted by atomic mass is 16.5. The molecule has 20 heavy (non-hydrogen) atoms. The van der Waals surface area contributed by atoms with E-state index in [0.717, 1.165) is 30.0 Å². The molecule has 2 fully saturated rings. The minimum absolute atomic E-state index is 0.372. The lowest BCUT2D eigenvalue weighted by molar-refractivity contribution is -0.0741. The van der Waals surface area contributed by atoms with Crippen LogP contribution in [0.5, 0.6) is 5.75 Å². The molecule has 0 amide bonds. The van der Waals surface area contributed by atoms with Crippen LogP contribution < -0.4 is 10.1 Å². The third kappa shape index (κ3) is 2.12. The van der Waals surface area contributed by atoms with E-state index in [0.29, 0.717) is 17.6 Å². The molecule has 2 aliphatic rings. The van der Waals surface area contributed by atoms with Crippen molar-refractivity contribution in [2.75, 3.05) is 7.05 Å². The molecule has 110 valence electrons. The highest BCUT2D eigenvalue weighted by molar-refractivity contribution is 5.30. The Kier molecular flexibility index (Phi) is 3.72. The first-order chi connectivity index (χ1) is 9.69. The Bertz CT molecular complexity index is 480. The van der Waals surface area contributed by atoms with Crippen molar-refractivity contribution in [1.29, 1.82) is 0 Å². The van der Waals surface area contributed by atoms with Crippen molar-refractivity contribution in [3.05, 3.63) is 23.5 Å². The summed E-state index contributed by atoms with van der Waals surface area (Å²) >= 11 is 0. The highest BCUT2D eigenvalue weighted by Crippen LogP contribution is 2.54. The third-order valence-electron chi connectivity index (χ3n) is 5.34. The molecule has 2 saturated carbocycles. The lowest BCUT2D eigenvalue weighted by Crippen LogP contribution is -2.63. The molecule has 2 atom stereocenters. The van der Waals surface area contributed by atoms with E-state index in [1.54, 1.807) is 0 Å². The third-order valence-corrected chi connectivity index (χ3v) is 5.34. The maximum absolute atomic E-state index is 6.39. The van der Waals surface area contributed by atoms with E-state index in [2.05, 4.69) is 36.4 Å². The largest absolute Gasteiger partial charge is 0.488 e. The highest BCUT2D eigenvalue weighted by Gasteiger charge is 2.57. The summed E-state index contributed by atoms with van der Waals surface area (Å²) in [6, 6.07) is 4.80. The van der Waals surface area contributed by atoms with Gasteiger partial charge in [-0.15, -0.1) is 0 Å². The Hall–Kier alpha value is -1.09. The van der Waals surface area contributed by atoms with Crippen LogP contribution >= 0.6 is 0 Å². The van der Waals surface area contributed by atoms with Crippen LogP contribution in [-0.4, -0.2) is 24.2 Å². The molecule has 1 N–H and O–H groups in total. The Morgan fingerprint density at radius 3 is 2.75 bits per heavy atom. The van der Waals surface area contributed by atoms with Gasteiger partial charge in [-0.3, -0.25) is 4.98 Å². The number of rotatable bonds is 4. The lowest BCUT2D eigenvalue weighted by atomic mass is 9.60. The van der Waals surface area contributed by atoms with Gasteiger partial charge in [0, 0.05) is 23.6 Å². The van der Waals surface area contributed by atoms with E-state index in [-0.39, 0.29) is 0 Å². The first-order valence-electron chi connectivity index (χ1n) is 8.00. The number of hydrogen-bond donors (Lipinski definition) is 1. The van der Waals surface area contributed by atoms with Gasteiger partial charge < -0.3 is 10.1 Å². The van der Waals surface area contributed by atoms with Gasteiger partial charge in [0.1, 0.15) is 11.9 Å². The lowest BCUT2D eigenvalue weighted by Gasteiger charge is -2.53. The van der Waals surface area contributed by atoms with Crippen LogP contribution in [0.4, 0.5) is 0 Å². The van der Waals surface area contributed by atoms with Gasteiger partial charge in [-0.1, -0.05) is 19.8 Å². The second-order valence-corrected chi connectivity index (χ2v) is 6.37. The van der Waals surface area contributed by atoms with Gasteiger partial charge in [0.05, 0.1) is 5.69 Å². The molecular formula is C17H26N2O. The van der Waals surface area contributed by atoms with Crippen LogP contribution in [0.15, 0.2) is 12.1 Å². The van der Waals surface area contributed by atoms with Gasteiger partial charge in [-0.2, -0.15) is 0 Å². The quantitative estimate of drug-likeness (QED) is 0.915. The number of hydrogen-bond acceptors (Lipinski definition) is 3. The molecule has 0 bridgehead atoms. The number of ether oxygens (including phenoxy) is 1. The molecule has 2 unspecified atom stereocenters. The summed E-state index contributed by atoms with van der Waals surface area (Å²) < 4.78 is 6.39. The number of aryl methyl sites for hydroxylation is 2. The fourth-order valence-corrected chi connectivity index (χ4v) is 4.13. The van der Waals surface area contributed by atoms with Crippen molar-refractivity contribution in [3.8, 4) is 5.75 Å². The average Bonchev–Trinajstić information content (AvgIpc) is 2.96. The molecular weight excluding hydrogens is 248 g/mol. The van der Waals surface area contributed by atoms with Crippen LogP contribution in [0.3, 0.4) is 0 Å². The standard InChI is InChI=1S/C17H26N2O/c1-4-13-14(8-7-12(2)19-13)20-16-11-15(18-3)17(16)9-5-6-10-17/h7-8,15-16,18H,4-6,9-11H2,1-3H3. The van der Waals surface area contributed by atoms with E-state index in [9.17, 15) is 0 Å². The zero-order valence-electron chi connectivity index (χ0n) is 12.9. The van der Waals surface area contributed by atoms with Crippen molar-refractivity contribution in [3.63, 3.8) is 0 Å². The van der Waals surface area contributed by atoms with E-state index >= 15 is 0 Å². The SMILES string of the molecule is CCc1nc(C)ccc1OC1CC(NC)C12CCCC2. The Labute approximate surface area is 122 Å². The van der Waals surface area contributed by atoms with E-state index in [4.69, 9.17) is 4.74 Å². The van der Waals surface area contributed by atoms with Gasteiger partial charge in [0.2, 0.25) is 0 Å². The van der Waals surface area contributed by atoms with E-state index < -0.39 is 0 Å². The molecule has 3 heteroatoms. The summed E-state index contributed by atoms with van der Waals surface area (Å²) in [5, 5.41) is 3.49. The average molecular weight is 274 g/mol. The number of pyridine rings is 1. The minimum Gasteiger partial charge on any atom is -0.488 e. The van der Waals surface area contributed by atoms with Gasteiger partial charge >= 0.3 is 0 Å². The van der Waals surface area contributed by atoms with Crippen molar-refractivity contribution >= 4 is 0 Å². The zero-order chi connectivity index (χ0) is 14.2. The molecule has 1 spiro atoms. The van der Waals surface area contributed by atoms with Crippen LogP contribution in [0.25, 0.3) is 0 Å². The van der Waals surface area contributed by atoms with Crippen molar-refractivity contribution in [2.45, 2.75) is 64.5 Å². The maximum Gasteiger partial charge on any atom is 0.141 e. The predicted octanol–water partition coefficient (Wildman–Crippen LogP) is 3.25. The summed E-state index contributed by atoms with van der Waals surface area (Å²) in [4.78, 5) is 4.62. The van der Waals surface area contributed by atoms with Crippen LogP contribution in [0, 0.1) is 12.3 Å². The fraction of sp³-hybridized carbons (Fsp3) is 0.706.